The fourth-order valence-electron chi connectivity index (χ4n) is 4.49. The molecule has 0 nitrogen and oxygen atoms in total. The van der Waals surface area contributed by atoms with E-state index in [4.69, 9.17) is 0 Å². The van der Waals surface area contributed by atoms with Gasteiger partial charge >= 0.3 is 137 Å². The van der Waals surface area contributed by atoms with Gasteiger partial charge in [-0.3, -0.25) is 0 Å². The summed E-state index contributed by atoms with van der Waals surface area (Å²) in [5.74, 6) is 0. The van der Waals surface area contributed by atoms with Crippen LogP contribution in [-0.4, -0.2) is 7.43 Å². The summed E-state index contributed by atoms with van der Waals surface area (Å²) >= 11 is -3.03. The molecule has 0 heterocycles. The van der Waals surface area contributed by atoms with Crippen molar-refractivity contribution in [3.05, 3.63) is 82.9 Å². The second kappa shape index (κ2) is 6.72. The van der Waals surface area contributed by atoms with E-state index in [0.717, 1.165) is 0 Å². The molecule has 2 atom stereocenters. The molecule has 0 radical (unpaired) electrons. The van der Waals surface area contributed by atoms with Gasteiger partial charge < -0.3 is 0 Å². The molecule has 2 aromatic carbocycles. The molecule has 2 unspecified atom stereocenters. The Balaban J connectivity index is 0.00000104. The quantitative estimate of drug-likeness (QED) is 0.444. The number of benzene rings is 2. The number of allylic oxidation sites excluding steroid dienone is 2. The molecule has 0 aromatic heterocycles. The molecular weight excluding hydrogens is 518 g/mol. The molecule has 0 saturated heterocycles. The fourth-order valence-corrected chi connectivity index (χ4v) is 29.6. The van der Waals surface area contributed by atoms with E-state index in [1.807, 2.05) is 0 Å². The zero-order valence-corrected chi connectivity index (χ0v) is 21.6. The predicted octanol–water partition coefficient (Wildman–Crippen LogP) is 5.43. The van der Waals surface area contributed by atoms with Gasteiger partial charge in [0.15, 0.2) is 0 Å². The van der Waals surface area contributed by atoms with E-state index in [0.29, 0.717) is 7.35 Å². The summed E-state index contributed by atoms with van der Waals surface area (Å²) in [6.45, 7) is 0. The third kappa shape index (κ3) is 2.96. The first kappa shape index (κ1) is 19.9. The van der Waals surface area contributed by atoms with Crippen LogP contribution in [0.3, 0.4) is 0 Å². The SMILES string of the molecule is Cl.Cl.[CH3][Hf]([CH3])([SiH3])([CH]1C=Cc2ccccc21)[CH]1C=Cc2ccccc21. The molecule has 0 fully saturated rings. The Morgan fingerprint density at radius 1 is 0.708 bits per heavy atom. The number of halogens is 2. The van der Waals surface area contributed by atoms with E-state index in [1.54, 1.807) is 11.1 Å². The minimum atomic E-state index is -3.03. The van der Waals surface area contributed by atoms with Crippen LogP contribution >= 0.6 is 24.8 Å². The van der Waals surface area contributed by atoms with E-state index in [1.165, 1.54) is 18.6 Å². The standard InChI is InChI=1S/2C9H7.2CH3.2ClH.Hf.H3Si/c2*1-2-5-9-7-3-6-8(9)4-1;;;;;;/h2*1-7H;2*1H3;2*1H;;1H3. The summed E-state index contributed by atoms with van der Waals surface area (Å²) in [5.41, 5.74) is 6.09. The molecule has 0 bridgehead atoms. The molecule has 0 aliphatic heterocycles. The molecule has 24 heavy (non-hydrogen) atoms. The first-order valence-corrected chi connectivity index (χ1v) is 31.3. The van der Waals surface area contributed by atoms with Crippen molar-refractivity contribution in [1.82, 2.24) is 0 Å². The average molecular weight is 543 g/mol. The first-order valence-electron chi connectivity index (χ1n) is 8.22. The van der Waals surface area contributed by atoms with E-state index >= 15 is 0 Å². The van der Waals surface area contributed by atoms with Gasteiger partial charge in [-0.05, 0) is 0 Å². The minimum absolute atomic E-state index is 0. The average Bonchev–Trinajstić information content (AvgIpc) is 3.12. The summed E-state index contributed by atoms with van der Waals surface area (Å²) < 4.78 is 6.83. The third-order valence-corrected chi connectivity index (χ3v) is 35.6. The van der Waals surface area contributed by atoms with Crippen molar-refractivity contribution >= 4 is 44.4 Å². The van der Waals surface area contributed by atoms with Crippen molar-refractivity contribution in [2.24, 2.45) is 0 Å². The Morgan fingerprint density at radius 3 is 1.50 bits per heavy atom. The van der Waals surface area contributed by atoms with Crippen LogP contribution in [0.25, 0.3) is 12.2 Å². The van der Waals surface area contributed by atoms with Crippen LogP contribution in [0.1, 0.15) is 29.6 Å². The molecule has 2 aliphatic carbocycles. The van der Waals surface area contributed by atoms with E-state index in [-0.39, 0.29) is 24.8 Å². The molecule has 4 heteroatoms. The van der Waals surface area contributed by atoms with Crippen LogP contribution in [0, 0.1) is 0 Å². The summed E-state index contributed by atoms with van der Waals surface area (Å²) in [6, 6.07) is 18.0. The molecular formula is C20H25Cl2HfSi. The van der Waals surface area contributed by atoms with Crippen molar-refractivity contribution in [3.63, 3.8) is 0 Å². The van der Waals surface area contributed by atoms with Crippen LogP contribution in [0.2, 0.25) is 9.36 Å². The molecule has 0 amide bonds. The van der Waals surface area contributed by atoms with Gasteiger partial charge in [-0.25, -0.2) is 0 Å². The third-order valence-electron chi connectivity index (χ3n) is 5.82. The van der Waals surface area contributed by atoms with Crippen LogP contribution in [0.5, 0.6) is 0 Å². The van der Waals surface area contributed by atoms with Crippen molar-refractivity contribution in [3.8, 4) is 0 Å². The molecule has 4 rings (SSSR count). The zero-order chi connectivity index (χ0) is 15.4. The normalized spacial score (nSPS) is 22.0. The summed E-state index contributed by atoms with van der Waals surface area (Å²) in [5, 5.41) is 0. The Bertz CT molecular complexity index is 752. The maximum atomic E-state index is 2.71. The van der Waals surface area contributed by atoms with Gasteiger partial charge in [0.1, 0.15) is 0 Å². The Kier molecular flexibility index (Phi) is 5.57. The summed E-state index contributed by atoms with van der Waals surface area (Å²) in [6.07, 6.45) is 9.79. The monoisotopic (exact) mass is 543 g/mol. The van der Waals surface area contributed by atoms with Gasteiger partial charge in [0.05, 0.1) is 0 Å². The van der Waals surface area contributed by atoms with Gasteiger partial charge in [0.25, 0.3) is 0 Å². The Morgan fingerprint density at radius 2 is 1.08 bits per heavy atom. The maximum absolute atomic E-state index is 3.03. The van der Waals surface area contributed by atoms with Crippen molar-refractivity contribution in [2.75, 3.05) is 0 Å². The van der Waals surface area contributed by atoms with Crippen LogP contribution in [0.15, 0.2) is 60.7 Å². The van der Waals surface area contributed by atoms with Crippen LogP contribution < -0.4 is 0 Å². The van der Waals surface area contributed by atoms with Crippen LogP contribution in [0.4, 0.5) is 0 Å². The Hall–Kier alpha value is -0.413. The van der Waals surface area contributed by atoms with Crippen molar-refractivity contribution in [2.45, 2.75) is 16.7 Å². The number of hydrogen-bond donors (Lipinski definition) is 0. The molecule has 0 spiro atoms. The molecule has 2 aromatic rings. The van der Waals surface area contributed by atoms with Gasteiger partial charge in [0, 0.05) is 0 Å². The second-order valence-corrected chi connectivity index (χ2v) is 63.0. The number of rotatable bonds is 2. The topological polar surface area (TPSA) is 0 Å². The van der Waals surface area contributed by atoms with Crippen molar-refractivity contribution < 1.29 is 17.7 Å². The zero-order valence-electron chi connectivity index (χ0n) is 14.4. The molecule has 2 aliphatic rings. The van der Waals surface area contributed by atoms with Gasteiger partial charge in [-0.1, -0.05) is 0 Å². The molecule has 127 valence electrons. The summed E-state index contributed by atoms with van der Waals surface area (Å²) in [4.78, 5) is 0. The van der Waals surface area contributed by atoms with Gasteiger partial charge in [-0.2, -0.15) is 0 Å². The predicted molar refractivity (Wildman–Crippen MR) is 113 cm³/mol. The van der Waals surface area contributed by atoms with E-state index in [2.05, 4.69) is 82.2 Å². The fraction of sp³-hybridized carbons (Fsp3) is 0.200. The van der Waals surface area contributed by atoms with Crippen LogP contribution in [-0.2, 0) is 17.7 Å². The Labute approximate surface area is 160 Å². The summed E-state index contributed by atoms with van der Waals surface area (Å²) in [7, 11) is 1.35. The second-order valence-electron chi connectivity index (χ2n) is 8.33. The molecule has 0 saturated carbocycles. The molecule has 0 N–H and O–H groups in total. The van der Waals surface area contributed by atoms with Gasteiger partial charge in [-0.15, -0.1) is 24.8 Å². The number of fused-ring (bicyclic) bond motifs is 2. The van der Waals surface area contributed by atoms with E-state index in [9.17, 15) is 0 Å². The van der Waals surface area contributed by atoms with E-state index < -0.39 is 17.7 Å². The number of hydrogen-bond acceptors (Lipinski definition) is 0. The first-order chi connectivity index (χ1) is 10.5. The van der Waals surface area contributed by atoms with Gasteiger partial charge in [0.2, 0.25) is 0 Å². The van der Waals surface area contributed by atoms with Crippen molar-refractivity contribution in [1.29, 1.82) is 0 Å².